The van der Waals surface area contributed by atoms with E-state index in [1.54, 1.807) is 25.5 Å². The molecule has 0 amide bonds. The van der Waals surface area contributed by atoms with Gasteiger partial charge in [-0.25, -0.2) is 0 Å². The molecular weight excluding hydrogens is 453 g/mol. The van der Waals surface area contributed by atoms with E-state index in [-0.39, 0.29) is 24.0 Å². The van der Waals surface area contributed by atoms with Gasteiger partial charge in [-0.3, -0.25) is 4.99 Å². The first kappa shape index (κ1) is 22.1. The van der Waals surface area contributed by atoms with E-state index in [1.807, 2.05) is 18.2 Å². The van der Waals surface area contributed by atoms with Crippen molar-refractivity contribution in [3.63, 3.8) is 0 Å². The molecule has 0 saturated carbocycles. The predicted octanol–water partition coefficient (Wildman–Crippen LogP) is 2.38. The summed E-state index contributed by atoms with van der Waals surface area (Å²) in [5.41, 5.74) is 0. The van der Waals surface area contributed by atoms with Gasteiger partial charge in [-0.15, -0.1) is 35.3 Å². The molecular formula is C17H26IN3O3S. The number of rotatable bonds is 9. The highest BCUT2D eigenvalue weighted by Crippen LogP contribution is 2.29. The highest BCUT2D eigenvalue weighted by molar-refractivity contribution is 14.0. The zero-order chi connectivity index (χ0) is 17.2. The summed E-state index contributed by atoms with van der Waals surface area (Å²) in [6, 6.07) is 10.2. The van der Waals surface area contributed by atoms with Gasteiger partial charge in [0.1, 0.15) is 6.10 Å². The SMILES string of the molecule is CN=C(NCCOCCOC)NCC(O)c1cc2ccccc2s1.I. The molecule has 0 radical (unpaired) electrons. The summed E-state index contributed by atoms with van der Waals surface area (Å²) in [5, 5.41) is 17.8. The minimum atomic E-state index is -0.570. The molecule has 1 atom stereocenters. The summed E-state index contributed by atoms with van der Waals surface area (Å²) in [6.45, 7) is 2.78. The van der Waals surface area contributed by atoms with Gasteiger partial charge in [0.2, 0.25) is 0 Å². The Balaban J connectivity index is 0.00000312. The minimum Gasteiger partial charge on any atom is -0.386 e. The van der Waals surface area contributed by atoms with E-state index in [1.165, 1.54) is 4.70 Å². The third kappa shape index (κ3) is 7.45. The average molecular weight is 479 g/mol. The van der Waals surface area contributed by atoms with Crippen molar-refractivity contribution in [3.8, 4) is 0 Å². The number of benzene rings is 1. The summed E-state index contributed by atoms with van der Waals surface area (Å²) in [5.74, 6) is 0.644. The van der Waals surface area contributed by atoms with Crippen LogP contribution in [0.4, 0.5) is 0 Å². The molecule has 25 heavy (non-hydrogen) atoms. The lowest BCUT2D eigenvalue weighted by atomic mass is 10.2. The normalized spacial score (nSPS) is 12.7. The van der Waals surface area contributed by atoms with Gasteiger partial charge in [-0.2, -0.15) is 0 Å². The zero-order valence-corrected chi connectivity index (χ0v) is 17.7. The number of halogens is 1. The molecule has 140 valence electrons. The van der Waals surface area contributed by atoms with Crippen LogP contribution in [-0.4, -0.2) is 58.1 Å². The number of nitrogens with zero attached hydrogens (tertiary/aromatic N) is 1. The standard InChI is InChI=1S/C17H25N3O3S.HI/c1-18-17(19-7-8-23-10-9-22-2)20-12-14(21)16-11-13-5-3-4-6-15(13)24-16;/h3-6,11,14,21H,7-10,12H2,1-2H3,(H2,18,19,20);1H. The molecule has 0 saturated heterocycles. The van der Waals surface area contributed by atoms with Gasteiger partial charge >= 0.3 is 0 Å². The van der Waals surface area contributed by atoms with E-state index in [0.29, 0.717) is 38.9 Å². The zero-order valence-electron chi connectivity index (χ0n) is 14.5. The quantitative estimate of drug-likeness (QED) is 0.223. The van der Waals surface area contributed by atoms with Crippen LogP contribution in [0.15, 0.2) is 35.3 Å². The highest BCUT2D eigenvalue weighted by atomic mass is 127. The lowest BCUT2D eigenvalue weighted by molar-refractivity contribution is 0.0733. The molecule has 0 aliphatic carbocycles. The van der Waals surface area contributed by atoms with Gasteiger partial charge in [0.05, 0.1) is 19.8 Å². The van der Waals surface area contributed by atoms with Crippen LogP contribution in [0.3, 0.4) is 0 Å². The molecule has 8 heteroatoms. The fraction of sp³-hybridized carbons (Fsp3) is 0.471. The largest absolute Gasteiger partial charge is 0.386 e. The van der Waals surface area contributed by atoms with Crippen molar-refractivity contribution in [1.82, 2.24) is 10.6 Å². The first-order valence-electron chi connectivity index (χ1n) is 7.92. The van der Waals surface area contributed by atoms with Crippen LogP contribution >= 0.6 is 35.3 Å². The third-order valence-corrected chi connectivity index (χ3v) is 4.65. The second-order valence-corrected chi connectivity index (χ2v) is 6.30. The number of guanidine groups is 1. The second kappa shape index (κ2) is 12.4. The number of fused-ring (bicyclic) bond motifs is 1. The Morgan fingerprint density at radius 3 is 2.76 bits per heavy atom. The van der Waals surface area contributed by atoms with Crippen molar-refractivity contribution < 1.29 is 14.6 Å². The Morgan fingerprint density at radius 1 is 1.24 bits per heavy atom. The second-order valence-electron chi connectivity index (χ2n) is 5.19. The molecule has 2 aromatic rings. The fourth-order valence-electron chi connectivity index (χ4n) is 2.17. The Labute approximate surface area is 169 Å². The average Bonchev–Trinajstić information content (AvgIpc) is 3.04. The van der Waals surface area contributed by atoms with E-state index in [0.717, 1.165) is 10.3 Å². The van der Waals surface area contributed by atoms with Crippen molar-refractivity contribution in [2.45, 2.75) is 6.10 Å². The van der Waals surface area contributed by atoms with Crippen LogP contribution in [-0.2, 0) is 9.47 Å². The van der Waals surface area contributed by atoms with Crippen molar-refractivity contribution in [1.29, 1.82) is 0 Å². The van der Waals surface area contributed by atoms with E-state index in [2.05, 4.69) is 27.8 Å². The number of nitrogens with one attached hydrogen (secondary N) is 2. The van der Waals surface area contributed by atoms with E-state index in [9.17, 15) is 5.11 Å². The van der Waals surface area contributed by atoms with Crippen LogP contribution in [0.2, 0.25) is 0 Å². The van der Waals surface area contributed by atoms with Gasteiger partial charge in [0.25, 0.3) is 0 Å². The predicted molar refractivity (Wildman–Crippen MR) is 114 cm³/mol. The number of aliphatic hydroxyl groups excluding tert-OH is 1. The monoisotopic (exact) mass is 479 g/mol. The Hall–Kier alpha value is -0.940. The van der Waals surface area contributed by atoms with Gasteiger partial charge in [0, 0.05) is 36.8 Å². The molecule has 6 nitrogen and oxygen atoms in total. The molecule has 0 aliphatic rings. The first-order chi connectivity index (χ1) is 11.7. The van der Waals surface area contributed by atoms with Crippen molar-refractivity contribution in [2.24, 2.45) is 4.99 Å². The topological polar surface area (TPSA) is 75.1 Å². The lowest BCUT2D eigenvalue weighted by Crippen LogP contribution is -2.40. The van der Waals surface area contributed by atoms with Crippen LogP contribution in [0.25, 0.3) is 10.1 Å². The van der Waals surface area contributed by atoms with Gasteiger partial charge in [0.15, 0.2) is 5.96 Å². The van der Waals surface area contributed by atoms with Crippen molar-refractivity contribution >= 4 is 51.4 Å². The maximum absolute atomic E-state index is 10.4. The first-order valence-corrected chi connectivity index (χ1v) is 8.74. The number of hydrogen-bond acceptors (Lipinski definition) is 5. The van der Waals surface area contributed by atoms with Crippen molar-refractivity contribution in [3.05, 3.63) is 35.2 Å². The highest BCUT2D eigenvalue weighted by Gasteiger charge is 2.12. The van der Waals surface area contributed by atoms with Gasteiger partial charge < -0.3 is 25.2 Å². The number of aliphatic imine (C=N–C) groups is 1. The summed E-state index contributed by atoms with van der Waals surface area (Å²) >= 11 is 1.61. The Morgan fingerprint density at radius 2 is 2.04 bits per heavy atom. The van der Waals surface area contributed by atoms with Crippen LogP contribution in [0.5, 0.6) is 0 Å². The van der Waals surface area contributed by atoms with Crippen LogP contribution < -0.4 is 10.6 Å². The molecule has 0 bridgehead atoms. The molecule has 1 heterocycles. The summed E-state index contributed by atoms with van der Waals surface area (Å²) in [4.78, 5) is 5.08. The fourth-order valence-corrected chi connectivity index (χ4v) is 3.22. The molecule has 1 unspecified atom stereocenters. The van der Waals surface area contributed by atoms with Gasteiger partial charge in [-0.1, -0.05) is 18.2 Å². The molecule has 1 aromatic heterocycles. The van der Waals surface area contributed by atoms with Crippen LogP contribution in [0.1, 0.15) is 11.0 Å². The maximum Gasteiger partial charge on any atom is 0.191 e. The third-order valence-electron chi connectivity index (χ3n) is 3.43. The number of methoxy groups -OCH3 is 1. The Bertz CT molecular complexity index is 618. The van der Waals surface area contributed by atoms with Crippen LogP contribution in [0, 0.1) is 0 Å². The van der Waals surface area contributed by atoms with Gasteiger partial charge in [-0.05, 0) is 17.5 Å². The smallest absolute Gasteiger partial charge is 0.191 e. The van der Waals surface area contributed by atoms with E-state index in [4.69, 9.17) is 9.47 Å². The minimum absolute atomic E-state index is 0. The molecule has 0 fully saturated rings. The number of aliphatic hydroxyl groups is 1. The summed E-state index contributed by atoms with van der Waals surface area (Å²) < 4.78 is 11.5. The molecule has 0 aliphatic heterocycles. The number of ether oxygens (including phenoxy) is 2. The molecule has 0 spiro atoms. The number of thiophene rings is 1. The number of hydrogen-bond donors (Lipinski definition) is 3. The van der Waals surface area contributed by atoms with E-state index >= 15 is 0 Å². The molecule has 2 rings (SSSR count). The lowest BCUT2D eigenvalue weighted by Gasteiger charge is -2.14. The molecule has 1 aromatic carbocycles. The Kier molecular flexibility index (Phi) is 11.0. The maximum atomic E-state index is 10.4. The van der Waals surface area contributed by atoms with E-state index < -0.39 is 6.10 Å². The summed E-state index contributed by atoms with van der Waals surface area (Å²) in [6.07, 6.45) is -0.570. The van der Waals surface area contributed by atoms with Crippen molar-refractivity contribution in [2.75, 3.05) is 47.1 Å². The molecule has 3 N–H and O–H groups in total. The summed E-state index contributed by atoms with van der Waals surface area (Å²) in [7, 11) is 3.35.